The Kier molecular flexibility index (Phi) is 6.84. The van der Waals surface area contributed by atoms with Crippen LogP contribution in [0.2, 0.25) is 5.02 Å². The van der Waals surface area contributed by atoms with E-state index in [0.29, 0.717) is 52.1 Å². The molecule has 0 amide bonds. The minimum atomic E-state index is -0.137. The van der Waals surface area contributed by atoms with Gasteiger partial charge in [-0.3, -0.25) is 0 Å². The molecule has 0 radical (unpaired) electrons. The predicted molar refractivity (Wildman–Crippen MR) is 144 cm³/mol. The molecular formula is C30H26ClN2O4+. The first-order valence-electron chi connectivity index (χ1n) is 11.8. The second kappa shape index (κ2) is 10.4. The molecule has 3 aromatic carbocycles. The van der Waals surface area contributed by atoms with Gasteiger partial charge in [0.25, 0.3) is 5.65 Å². The molecule has 5 rings (SSSR count). The van der Waals surface area contributed by atoms with Crippen LogP contribution >= 0.6 is 11.6 Å². The van der Waals surface area contributed by atoms with E-state index in [9.17, 15) is 9.90 Å². The summed E-state index contributed by atoms with van der Waals surface area (Å²) < 4.78 is 15.2. The molecule has 186 valence electrons. The first-order chi connectivity index (χ1) is 18.0. The molecule has 5 aromatic rings. The lowest BCUT2D eigenvalue weighted by Crippen LogP contribution is -2.38. The molecular weight excluding hydrogens is 488 g/mol. The highest BCUT2D eigenvalue weighted by Crippen LogP contribution is 2.31. The van der Waals surface area contributed by atoms with Crippen LogP contribution in [0.4, 0.5) is 0 Å². The third kappa shape index (κ3) is 4.76. The first kappa shape index (κ1) is 24.4. The number of para-hydroxylation sites is 1. The van der Waals surface area contributed by atoms with Gasteiger partial charge in [0, 0.05) is 16.7 Å². The summed E-state index contributed by atoms with van der Waals surface area (Å²) in [6.07, 6.45) is 1.90. The molecule has 0 spiro atoms. The fraction of sp³-hybridized carbons (Fsp3) is 0.133. The molecule has 0 saturated carbocycles. The lowest BCUT2D eigenvalue weighted by atomic mass is 10.1. The lowest BCUT2D eigenvalue weighted by molar-refractivity contribution is -0.504. The summed E-state index contributed by atoms with van der Waals surface area (Å²) in [5.74, 6) is 1.28. The van der Waals surface area contributed by atoms with Crippen molar-refractivity contribution in [2.24, 2.45) is 0 Å². The van der Waals surface area contributed by atoms with Gasteiger partial charge in [-0.25, -0.2) is 4.79 Å². The Morgan fingerprint density at radius 3 is 2.49 bits per heavy atom. The Bertz CT molecular complexity index is 1660. The minimum Gasteiger partial charge on any atom is -0.507 e. The van der Waals surface area contributed by atoms with Gasteiger partial charge in [-0.05, 0) is 48.9 Å². The van der Waals surface area contributed by atoms with E-state index in [0.717, 1.165) is 11.1 Å². The molecule has 37 heavy (non-hydrogen) atoms. The van der Waals surface area contributed by atoms with E-state index in [1.54, 1.807) is 30.7 Å². The zero-order chi connectivity index (χ0) is 25.9. The van der Waals surface area contributed by atoms with Gasteiger partial charge in [-0.2, -0.15) is 8.97 Å². The van der Waals surface area contributed by atoms with E-state index in [4.69, 9.17) is 21.1 Å². The average molecular weight is 514 g/mol. The number of pyridine rings is 1. The second-order valence-corrected chi connectivity index (χ2v) is 9.08. The number of hydrogen-bond donors (Lipinski definition) is 1. The van der Waals surface area contributed by atoms with Crippen LogP contribution in [0.5, 0.6) is 17.2 Å². The third-order valence-electron chi connectivity index (χ3n) is 6.35. The molecule has 6 nitrogen and oxygen atoms in total. The zero-order valence-corrected chi connectivity index (χ0v) is 21.3. The van der Waals surface area contributed by atoms with Crippen LogP contribution in [0.1, 0.15) is 16.7 Å². The Labute approximate surface area is 219 Å². The number of hydrogen-bond acceptors (Lipinski definition) is 4. The van der Waals surface area contributed by atoms with Crippen molar-refractivity contribution in [2.45, 2.75) is 20.1 Å². The maximum atomic E-state index is 13.6. The van der Waals surface area contributed by atoms with Gasteiger partial charge in [0.2, 0.25) is 0 Å². The van der Waals surface area contributed by atoms with Gasteiger partial charge >= 0.3 is 5.56 Å². The molecule has 2 heterocycles. The summed E-state index contributed by atoms with van der Waals surface area (Å²) in [7, 11) is 1.59. The second-order valence-electron chi connectivity index (χ2n) is 8.68. The quantitative estimate of drug-likeness (QED) is 0.289. The zero-order valence-electron chi connectivity index (χ0n) is 20.5. The highest BCUT2D eigenvalue weighted by atomic mass is 35.5. The SMILES string of the molecule is COc1cc(Cn2c(=O)c(C)c(-c3ccccc3O)[n+]3ccccc23)ccc1OCc1ccccc1Cl. The van der Waals surface area contributed by atoms with Crippen LogP contribution in [0.15, 0.2) is 95.9 Å². The summed E-state index contributed by atoms with van der Waals surface area (Å²) in [4.78, 5) is 13.6. The molecule has 0 aliphatic rings. The molecule has 7 heteroatoms. The lowest BCUT2D eigenvalue weighted by Gasteiger charge is -2.14. The normalized spacial score (nSPS) is 11.0. The third-order valence-corrected chi connectivity index (χ3v) is 6.71. The van der Waals surface area contributed by atoms with Crippen molar-refractivity contribution in [3.05, 3.63) is 123 Å². The van der Waals surface area contributed by atoms with Crippen molar-refractivity contribution < 1.29 is 19.0 Å². The van der Waals surface area contributed by atoms with Gasteiger partial charge in [0.15, 0.2) is 17.2 Å². The Morgan fingerprint density at radius 1 is 0.946 bits per heavy atom. The highest BCUT2D eigenvalue weighted by molar-refractivity contribution is 6.31. The summed E-state index contributed by atoms with van der Waals surface area (Å²) in [5, 5.41) is 11.1. The number of phenolic OH excluding ortho intramolecular Hbond substituents is 1. The first-order valence-corrected chi connectivity index (χ1v) is 12.2. The molecule has 0 bridgehead atoms. The Morgan fingerprint density at radius 2 is 1.70 bits per heavy atom. The number of halogens is 1. The van der Waals surface area contributed by atoms with Crippen LogP contribution in [0.3, 0.4) is 0 Å². The van der Waals surface area contributed by atoms with Crippen molar-refractivity contribution >= 4 is 17.2 Å². The van der Waals surface area contributed by atoms with Crippen molar-refractivity contribution in [1.29, 1.82) is 0 Å². The fourth-order valence-corrected chi connectivity index (χ4v) is 4.66. The number of aromatic hydroxyl groups is 1. The Balaban J connectivity index is 1.52. The number of fused-ring (bicyclic) bond motifs is 1. The number of methoxy groups -OCH3 is 1. The number of nitrogens with zero attached hydrogens (tertiary/aromatic N) is 2. The summed E-state index contributed by atoms with van der Waals surface area (Å²) in [6.45, 7) is 2.42. The monoisotopic (exact) mass is 513 g/mol. The van der Waals surface area contributed by atoms with E-state index in [1.165, 1.54) is 0 Å². The van der Waals surface area contributed by atoms with E-state index in [1.807, 2.05) is 83.4 Å². The molecule has 0 aliphatic heterocycles. The molecule has 0 saturated heterocycles. The van der Waals surface area contributed by atoms with Crippen LogP contribution in [-0.2, 0) is 13.2 Å². The standard InChI is InChI=1S/C30H25ClN2O4/c1-20-29(23-10-4-6-12-25(23)34)32-16-8-7-13-28(32)33(30(20)35)18-21-14-15-26(27(17-21)36-2)37-19-22-9-3-5-11-24(22)31/h3-17H,18-19H2,1-2H3/p+1. The summed E-state index contributed by atoms with van der Waals surface area (Å²) in [5.41, 5.74) is 4.13. The minimum absolute atomic E-state index is 0.123. The van der Waals surface area contributed by atoms with Crippen LogP contribution in [0, 0.1) is 6.92 Å². The number of phenols is 1. The number of rotatable bonds is 7. The van der Waals surface area contributed by atoms with E-state index in [-0.39, 0.29) is 11.3 Å². The van der Waals surface area contributed by atoms with Gasteiger partial charge in [0.1, 0.15) is 18.9 Å². The Hall–Kier alpha value is -4.29. The van der Waals surface area contributed by atoms with Crippen LogP contribution < -0.4 is 19.4 Å². The van der Waals surface area contributed by atoms with E-state index < -0.39 is 0 Å². The van der Waals surface area contributed by atoms with Crippen molar-refractivity contribution in [2.75, 3.05) is 7.11 Å². The maximum absolute atomic E-state index is 13.6. The predicted octanol–water partition coefficient (Wildman–Crippen LogP) is 5.56. The van der Waals surface area contributed by atoms with Gasteiger partial charge in [-0.1, -0.05) is 54.1 Å². The molecule has 0 unspecified atom stereocenters. The number of ether oxygens (including phenoxy) is 2. The van der Waals surface area contributed by atoms with Gasteiger partial charge in [-0.15, -0.1) is 0 Å². The summed E-state index contributed by atoms with van der Waals surface area (Å²) >= 11 is 6.25. The van der Waals surface area contributed by atoms with Gasteiger partial charge in [0.05, 0.1) is 24.4 Å². The maximum Gasteiger partial charge on any atom is 0.341 e. The number of aromatic nitrogens is 2. The molecule has 0 atom stereocenters. The topological polar surface area (TPSA) is 64.8 Å². The molecule has 1 N–H and O–H groups in total. The highest BCUT2D eigenvalue weighted by Gasteiger charge is 2.24. The molecule has 0 aliphatic carbocycles. The van der Waals surface area contributed by atoms with E-state index in [2.05, 4.69) is 0 Å². The summed E-state index contributed by atoms with van der Waals surface area (Å²) in [6, 6.07) is 25.9. The fourth-order valence-electron chi connectivity index (χ4n) is 4.47. The van der Waals surface area contributed by atoms with Crippen molar-refractivity contribution in [3.8, 4) is 28.5 Å². The van der Waals surface area contributed by atoms with Crippen molar-refractivity contribution in [3.63, 3.8) is 0 Å². The van der Waals surface area contributed by atoms with Gasteiger partial charge < -0.3 is 14.6 Å². The molecule has 2 aromatic heterocycles. The largest absolute Gasteiger partial charge is 0.507 e. The van der Waals surface area contributed by atoms with E-state index >= 15 is 0 Å². The van der Waals surface area contributed by atoms with Crippen molar-refractivity contribution in [1.82, 2.24) is 4.57 Å². The number of benzene rings is 3. The van der Waals surface area contributed by atoms with Crippen LogP contribution in [0.25, 0.3) is 16.9 Å². The van der Waals surface area contributed by atoms with Crippen LogP contribution in [-0.4, -0.2) is 16.8 Å². The smallest absolute Gasteiger partial charge is 0.341 e. The molecule has 0 fully saturated rings. The average Bonchev–Trinajstić information content (AvgIpc) is 2.92.